The van der Waals surface area contributed by atoms with Crippen molar-refractivity contribution >= 4 is 22.2 Å². The highest BCUT2D eigenvalue weighted by atomic mass is 16.6. The smallest absolute Gasteiger partial charge is 0.287 e. The normalized spacial score (nSPS) is 10.4. The summed E-state index contributed by atoms with van der Waals surface area (Å²) in [5.41, 5.74) is 2.02. The highest BCUT2D eigenvalue weighted by molar-refractivity contribution is 5.92. The third kappa shape index (κ3) is 2.04. The van der Waals surface area contributed by atoms with Crippen LogP contribution in [-0.4, -0.2) is 21.2 Å². The van der Waals surface area contributed by atoms with Crippen molar-refractivity contribution in [3.63, 3.8) is 0 Å². The van der Waals surface area contributed by atoms with Crippen LogP contribution in [-0.2, 0) is 6.54 Å². The first-order valence-electron chi connectivity index (χ1n) is 5.98. The van der Waals surface area contributed by atoms with E-state index in [1.807, 2.05) is 17.6 Å². The van der Waals surface area contributed by atoms with Crippen molar-refractivity contribution in [1.29, 1.82) is 5.26 Å². The second-order valence-corrected chi connectivity index (χ2v) is 4.45. The number of benzene rings is 1. The van der Waals surface area contributed by atoms with Crippen LogP contribution in [0.1, 0.15) is 18.2 Å². The Kier molecular flexibility index (Phi) is 3.55. The number of fused-ring (bicyclic) bond motifs is 1. The molecular formula is C14H13N3O3. The lowest BCUT2D eigenvalue weighted by Gasteiger charge is -2.08. The fraction of sp³-hybridized carbons (Fsp3) is 0.214. The van der Waals surface area contributed by atoms with E-state index in [4.69, 9.17) is 5.11 Å². The molecule has 2 aromatic rings. The van der Waals surface area contributed by atoms with E-state index < -0.39 is 4.92 Å². The molecule has 6 heteroatoms. The van der Waals surface area contributed by atoms with Gasteiger partial charge < -0.3 is 9.67 Å². The largest absolute Gasteiger partial charge is 0.395 e. The van der Waals surface area contributed by atoms with E-state index in [1.54, 1.807) is 12.1 Å². The molecule has 0 spiro atoms. The Balaban J connectivity index is 2.87. The van der Waals surface area contributed by atoms with E-state index in [0.717, 1.165) is 11.3 Å². The van der Waals surface area contributed by atoms with Crippen molar-refractivity contribution in [1.82, 2.24) is 4.57 Å². The summed E-state index contributed by atoms with van der Waals surface area (Å²) in [5.74, 6) is 0. The van der Waals surface area contributed by atoms with Gasteiger partial charge in [-0.15, -0.1) is 0 Å². The van der Waals surface area contributed by atoms with Crippen LogP contribution in [0.3, 0.4) is 0 Å². The number of nitrogens with zero attached hydrogens (tertiary/aromatic N) is 3. The molecule has 0 amide bonds. The number of nitriles is 1. The van der Waals surface area contributed by atoms with Gasteiger partial charge in [-0.05, 0) is 24.6 Å². The van der Waals surface area contributed by atoms with Gasteiger partial charge in [0.2, 0.25) is 0 Å². The van der Waals surface area contributed by atoms with Crippen LogP contribution in [0, 0.1) is 21.4 Å². The van der Waals surface area contributed by atoms with Gasteiger partial charge in [-0.25, -0.2) is 0 Å². The molecule has 0 aliphatic heterocycles. The fourth-order valence-corrected chi connectivity index (χ4v) is 2.29. The number of aliphatic hydroxyl groups is 1. The number of nitro benzene ring substituents is 1. The third-order valence-electron chi connectivity index (χ3n) is 3.13. The molecule has 1 N–H and O–H groups in total. The van der Waals surface area contributed by atoms with Gasteiger partial charge in [0.1, 0.15) is 11.6 Å². The molecule has 0 saturated carbocycles. The second kappa shape index (κ2) is 5.15. The van der Waals surface area contributed by atoms with Crippen molar-refractivity contribution in [3.05, 3.63) is 46.1 Å². The number of aliphatic hydroxyl groups excluding tert-OH is 1. The number of hydrogen-bond acceptors (Lipinski definition) is 4. The quantitative estimate of drug-likeness (QED) is 0.682. The maximum atomic E-state index is 11.0. The topological polar surface area (TPSA) is 92.1 Å². The van der Waals surface area contributed by atoms with Crippen LogP contribution in [0.5, 0.6) is 0 Å². The minimum atomic E-state index is -0.568. The molecule has 0 saturated heterocycles. The highest BCUT2D eigenvalue weighted by Crippen LogP contribution is 2.31. The zero-order valence-electron chi connectivity index (χ0n) is 11.0. The monoisotopic (exact) mass is 271 g/mol. The lowest BCUT2D eigenvalue weighted by Crippen LogP contribution is -2.05. The molecule has 0 fully saturated rings. The molecule has 0 radical (unpaired) electrons. The standard InChI is InChI=1S/C14H13N3O3/c1-9(2)14-7-10-11(8-15)13(17(19)20)4-3-12(10)16(14)5-6-18/h3-4,7,18H,1,5-6H2,2H3. The van der Waals surface area contributed by atoms with Gasteiger partial charge >= 0.3 is 0 Å². The van der Waals surface area contributed by atoms with Gasteiger partial charge in [0.15, 0.2) is 0 Å². The average molecular weight is 271 g/mol. The Morgan fingerprint density at radius 2 is 2.30 bits per heavy atom. The van der Waals surface area contributed by atoms with Gasteiger partial charge in [-0.2, -0.15) is 5.26 Å². The van der Waals surface area contributed by atoms with Gasteiger partial charge in [0.25, 0.3) is 5.69 Å². The molecule has 0 aliphatic rings. The first-order chi connectivity index (χ1) is 9.51. The number of rotatable bonds is 4. The van der Waals surface area contributed by atoms with Crippen LogP contribution in [0.25, 0.3) is 16.5 Å². The maximum Gasteiger partial charge on any atom is 0.287 e. The van der Waals surface area contributed by atoms with Crippen LogP contribution >= 0.6 is 0 Å². The molecule has 1 heterocycles. The molecule has 20 heavy (non-hydrogen) atoms. The van der Waals surface area contributed by atoms with Gasteiger partial charge in [-0.1, -0.05) is 6.58 Å². The number of allylic oxidation sites excluding steroid dienone is 1. The summed E-state index contributed by atoms with van der Waals surface area (Å²) < 4.78 is 1.81. The van der Waals surface area contributed by atoms with E-state index in [2.05, 4.69) is 6.58 Å². The van der Waals surface area contributed by atoms with Crippen molar-refractivity contribution in [2.75, 3.05) is 6.61 Å². The third-order valence-corrected chi connectivity index (χ3v) is 3.13. The molecule has 1 aromatic carbocycles. The number of aromatic nitrogens is 1. The highest BCUT2D eigenvalue weighted by Gasteiger charge is 2.20. The average Bonchev–Trinajstić information content (AvgIpc) is 2.77. The van der Waals surface area contributed by atoms with Crippen LogP contribution in [0.4, 0.5) is 5.69 Å². The predicted octanol–water partition coefficient (Wildman–Crippen LogP) is 2.45. The van der Waals surface area contributed by atoms with Crippen LogP contribution < -0.4 is 0 Å². The first kappa shape index (κ1) is 13.8. The summed E-state index contributed by atoms with van der Waals surface area (Å²) in [6.07, 6.45) is 0. The first-order valence-corrected chi connectivity index (χ1v) is 5.98. The molecule has 0 bridgehead atoms. The summed E-state index contributed by atoms with van der Waals surface area (Å²) in [7, 11) is 0. The van der Waals surface area contributed by atoms with Crippen LogP contribution in [0.15, 0.2) is 24.8 Å². The zero-order valence-corrected chi connectivity index (χ0v) is 11.0. The van der Waals surface area contributed by atoms with Crippen molar-refractivity contribution in [3.8, 4) is 6.07 Å². The molecule has 0 unspecified atom stereocenters. The predicted molar refractivity (Wildman–Crippen MR) is 75.1 cm³/mol. The van der Waals surface area contributed by atoms with E-state index in [9.17, 15) is 15.4 Å². The molecule has 6 nitrogen and oxygen atoms in total. The molecule has 1 aromatic heterocycles. The zero-order chi connectivity index (χ0) is 14.9. The van der Waals surface area contributed by atoms with Crippen molar-refractivity contribution in [2.24, 2.45) is 0 Å². The minimum Gasteiger partial charge on any atom is -0.395 e. The summed E-state index contributed by atoms with van der Waals surface area (Å²) in [4.78, 5) is 10.4. The van der Waals surface area contributed by atoms with Gasteiger partial charge in [-0.3, -0.25) is 10.1 Å². The molecule has 102 valence electrons. The Morgan fingerprint density at radius 1 is 1.60 bits per heavy atom. The second-order valence-electron chi connectivity index (χ2n) is 4.45. The Morgan fingerprint density at radius 3 is 2.80 bits per heavy atom. The summed E-state index contributed by atoms with van der Waals surface area (Å²) in [5, 5.41) is 29.8. The molecule has 0 atom stereocenters. The number of nitro groups is 1. The van der Waals surface area contributed by atoms with Crippen molar-refractivity contribution < 1.29 is 10.0 Å². The summed E-state index contributed by atoms with van der Waals surface area (Å²) >= 11 is 0. The van der Waals surface area contributed by atoms with Crippen LogP contribution in [0.2, 0.25) is 0 Å². The summed E-state index contributed by atoms with van der Waals surface area (Å²) in [6, 6.07) is 6.51. The maximum absolute atomic E-state index is 11.0. The summed E-state index contributed by atoms with van der Waals surface area (Å²) in [6.45, 7) is 5.94. The lowest BCUT2D eigenvalue weighted by molar-refractivity contribution is -0.385. The van der Waals surface area contributed by atoms with E-state index >= 15 is 0 Å². The Bertz CT molecular complexity index is 753. The molecular weight excluding hydrogens is 258 g/mol. The molecule has 2 rings (SSSR count). The van der Waals surface area contributed by atoms with E-state index in [0.29, 0.717) is 17.4 Å². The minimum absolute atomic E-state index is 0.0340. The van der Waals surface area contributed by atoms with Crippen molar-refractivity contribution in [2.45, 2.75) is 13.5 Å². The van der Waals surface area contributed by atoms with Gasteiger partial charge in [0, 0.05) is 23.7 Å². The number of hydrogen-bond donors (Lipinski definition) is 1. The van der Waals surface area contributed by atoms with Gasteiger partial charge in [0.05, 0.1) is 17.0 Å². The Labute approximate surface area is 115 Å². The van der Waals surface area contributed by atoms with E-state index in [1.165, 1.54) is 6.07 Å². The lowest BCUT2D eigenvalue weighted by atomic mass is 10.1. The SMILES string of the molecule is C=C(C)c1cc2c(C#N)c([N+](=O)[O-])ccc2n1CCO. The molecule has 0 aliphatic carbocycles. The Hall–Kier alpha value is -2.65. The van der Waals surface area contributed by atoms with E-state index in [-0.39, 0.29) is 17.9 Å². The fourth-order valence-electron chi connectivity index (χ4n) is 2.29.